The largest absolute Gasteiger partial charge is 0.303 e. The highest BCUT2D eigenvalue weighted by molar-refractivity contribution is 5.53. The number of aromatic nitrogens is 3. The Morgan fingerprint density at radius 2 is 1.90 bits per heavy atom. The molecule has 1 aliphatic heterocycles. The first-order valence-electron chi connectivity index (χ1n) is 7.92. The molecule has 1 aromatic carbocycles. The molecule has 0 aliphatic carbocycles. The summed E-state index contributed by atoms with van der Waals surface area (Å²) in [4.78, 5) is 7.27. The average Bonchev–Trinajstić information content (AvgIpc) is 2.98. The molecule has 0 atom stereocenters. The Morgan fingerprint density at radius 3 is 2.57 bits per heavy atom. The van der Waals surface area contributed by atoms with E-state index in [0.29, 0.717) is 5.92 Å². The lowest BCUT2D eigenvalue weighted by molar-refractivity contribution is 0.189. The van der Waals surface area contributed by atoms with Crippen LogP contribution in [0.3, 0.4) is 0 Å². The SMILES string of the molecule is CC(C)CN1CCC(c2nc(-c3ccccc3)n[nH]2)CC1. The lowest BCUT2D eigenvalue weighted by Gasteiger charge is -2.31. The number of benzene rings is 1. The Kier molecular flexibility index (Phi) is 4.34. The van der Waals surface area contributed by atoms with Crippen LogP contribution < -0.4 is 0 Å². The maximum Gasteiger partial charge on any atom is 0.181 e. The van der Waals surface area contributed by atoms with E-state index in [1.807, 2.05) is 18.2 Å². The molecule has 1 aromatic heterocycles. The van der Waals surface area contributed by atoms with Crippen LogP contribution in [-0.4, -0.2) is 39.7 Å². The van der Waals surface area contributed by atoms with Crippen LogP contribution in [0.25, 0.3) is 11.4 Å². The minimum Gasteiger partial charge on any atom is -0.303 e. The van der Waals surface area contributed by atoms with Crippen LogP contribution in [0.15, 0.2) is 30.3 Å². The normalized spacial score (nSPS) is 17.5. The van der Waals surface area contributed by atoms with Crippen LogP contribution >= 0.6 is 0 Å². The van der Waals surface area contributed by atoms with Gasteiger partial charge in [-0.3, -0.25) is 5.10 Å². The smallest absolute Gasteiger partial charge is 0.181 e. The molecule has 3 rings (SSSR count). The van der Waals surface area contributed by atoms with Crippen LogP contribution in [0.5, 0.6) is 0 Å². The molecule has 2 heterocycles. The fourth-order valence-corrected chi connectivity index (χ4v) is 3.08. The van der Waals surface area contributed by atoms with Gasteiger partial charge in [0.2, 0.25) is 0 Å². The van der Waals surface area contributed by atoms with Crippen molar-refractivity contribution < 1.29 is 0 Å². The molecular weight excluding hydrogens is 260 g/mol. The lowest BCUT2D eigenvalue weighted by atomic mass is 9.95. The van der Waals surface area contributed by atoms with E-state index in [0.717, 1.165) is 23.1 Å². The van der Waals surface area contributed by atoms with Gasteiger partial charge in [-0.1, -0.05) is 44.2 Å². The molecular formula is C17H24N4. The van der Waals surface area contributed by atoms with Crippen molar-refractivity contribution in [3.05, 3.63) is 36.2 Å². The van der Waals surface area contributed by atoms with Crippen molar-refractivity contribution in [1.29, 1.82) is 0 Å². The summed E-state index contributed by atoms with van der Waals surface area (Å²) in [5.41, 5.74) is 1.08. The monoisotopic (exact) mass is 284 g/mol. The number of aromatic amines is 1. The van der Waals surface area contributed by atoms with Gasteiger partial charge in [-0.25, -0.2) is 4.98 Å². The second-order valence-corrected chi connectivity index (χ2v) is 6.38. The molecule has 0 radical (unpaired) electrons. The molecule has 0 amide bonds. The van der Waals surface area contributed by atoms with Gasteiger partial charge in [0.05, 0.1) is 0 Å². The Balaban J connectivity index is 1.63. The summed E-state index contributed by atoms with van der Waals surface area (Å²) in [6.07, 6.45) is 2.35. The zero-order valence-corrected chi connectivity index (χ0v) is 12.9. The molecule has 1 N–H and O–H groups in total. The van der Waals surface area contributed by atoms with E-state index in [2.05, 4.69) is 41.1 Å². The Morgan fingerprint density at radius 1 is 1.19 bits per heavy atom. The molecule has 0 bridgehead atoms. The second kappa shape index (κ2) is 6.39. The Labute approximate surface area is 126 Å². The van der Waals surface area contributed by atoms with Crippen molar-refractivity contribution in [1.82, 2.24) is 20.1 Å². The number of rotatable bonds is 4. The van der Waals surface area contributed by atoms with E-state index in [9.17, 15) is 0 Å². The van der Waals surface area contributed by atoms with E-state index in [-0.39, 0.29) is 0 Å². The number of hydrogen-bond acceptors (Lipinski definition) is 3. The van der Waals surface area contributed by atoms with Gasteiger partial charge < -0.3 is 4.90 Å². The van der Waals surface area contributed by atoms with Gasteiger partial charge >= 0.3 is 0 Å². The third kappa shape index (κ3) is 3.50. The van der Waals surface area contributed by atoms with Gasteiger partial charge in [0, 0.05) is 18.0 Å². The van der Waals surface area contributed by atoms with Gasteiger partial charge in [0.1, 0.15) is 5.82 Å². The summed E-state index contributed by atoms with van der Waals surface area (Å²) in [7, 11) is 0. The Bertz CT molecular complexity index is 553. The Hall–Kier alpha value is -1.68. The highest BCUT2D eigenvalue weighted by Crippen LogP contribution is 2.27. The third-order valence-electron chi connectivity index (χ3n) is 4.13. The summed E-state index contributed by atoms with van der Waals surface area (Å²) >= 11 is 0. The zero-order valence-electron chi connectivity index (χ0n) is 12.9. The maximum atomic E-state index is 4.70. The van der Waals surface area contributed by atoms with Crippen LogP contribution in [-0.2, 0) is 0 Å². The quantitative estimate of drug-likeness (QED) is 0.937. The first-order chi connectivity index (χ1) is 10.2. The number of nitrogens with zero attached hydrogens (tertiary/aromatic N) is 3. The summed E-state index contributed by atoms with van der Waals surface area (Å²) in [5, 5.41) is 7.53. The number of piperidine rings is 1. The third-order valence-corrected chi connectivity index (χ3v) is 4.13. The van der Waals surface area contributed by atoms with Gasteiger partial charge in [-0.05, 0) is 31.8 Å². The van der Waals surface area contributed by atoms with Crippen LogP contribution in [0.4, 0.5) is 0 Å². The fraction of sp³-hybridized carbons (Fsp3) is 0.529. The molecule has 112 valence electrons. The van der Waals surface area contributed by atoms with Gasteiger partial charge in [0.25, 0.3) is 0 Å². The minimum atomic E-state index is 0.526. The summed E-state index contributed by atoms with van der Waals surface area (Å²) in [6.45, 7) is 8.12. The number of nitrogens with one attached hydrogen (secondary N) is 1. The van der Waals surface area contributed by atoms with Crippen LogP contribution in [0.1, 0.15) is 38.4 Å². The lowest BCUT2D eigenvalue weighted by Crippen LogP contribution is -2.35. The molecule has 2 aromatic rings. The summed E-state index contributed by atoms with van der Waals surface area (Å²) in [5.74, 6) is 3.14. The predicted octanol–water partition coefficient (Wildman–Crippen LogP) is 3.31. The molecule has 1 fully saturated rings. The van der Waals surface area contributed by atoms with E-state index >= 15 is 0 Å². The molecule has 0 spiro atoms. The zero-order chi connectivity index (χ0) is 14.7. The van der Waals surface area contributed by atoms with Crippen LogP contribution in [0.2, 0.25) is 0 Å². The summed E-state index contributed by atoms with van der Waals surface area (Å²) in [6, 6.07) is 10.2. The van der Waals surface area contributed by atoms with E-state index in [1.54, 1.807) is 0 Å². The molecule has 0 unspecified atom stereocenters. The van der Waals surface area contributed by atoms with E-state index in [1.165, 1.54) is 32.5 Å². The topological polar surface area (TPSA) is 44.8 Å². The average molecular weight is 284 g/mol. The molecule has 1 saturated heterocycles. The molecule has 4 heteroatoms. The summed E-state index contributed by atoms with van der Waals surface area (Å²) < 4.78 is 0. The maximum absolute atomic E-state index is 4.70. The van der Waals surface area contributed by atoms with Crippen molar-refractivity contribution >= 4 is 0 Å². The first kappa shape index (κ1) is 14.3. The molecule has 0 saturated carbocycles. The van der Waals surface area contributed by atoms with Crippen molar-refractivity contribution in [2.75, 3.05) is 19.6 Å². The second-order valence-electron chi connectivity index (χ2n) is 6.38. The van der Waals surface area contributed by atoms with Crippen molar-refractivity contribution in [2.24, 2.45) is 5.92 Å². The minimum absolute atomic E-state index is 0.526. The highest BCUT2D eigenvalue weighted by Gasteiger charge is 2.23. The van der Waals surface area contributed by atoms with Gasteiger partial charge in [-0.2, -0.15) is 5.10 Å². The van der Waals surface area contributed by atoms with Gasteiger partial charge in [-0.15, -0.1) is 0 Å². The fourth-order valence-electron chi connectivity index (χ4n) is 3.08. The molecule has 21 heavy (non-hydrogen) atoms. The number of hydrogen-bond donors (Lipinski definition) is 1. The molecule has 4 nitrogen and oxygen atoms in total. The standard InChI is InChI=1S/C17H24N4/c1-13(2)12-21-10-8-15(9-11-21)17-18-16(19-20-17)14-6-4-3-5-7-14/h3-7,13,15H,8-12H2,1-2H3,(H,18,19,20). The number of likely N-dealkylation sites (tertiary alicyclic amines) is 1. The van der Waals surface area contributed by atoms with Crippen molar-refractivity contribution in [3.8, 4) is 11.4 Å². The predicted molar refractivity (Wildman–Crippen MR) is 85.1 cm³/mol. The molecule has 1 aliphatic rings. The van der Waals surface area contributed by atoms with E-state index in [4.69, 9.17) is 4.98 Å². The van der Waals surface area contributed by atoms with Gasteiger partial charge in [0.15, 0.2) is 5.82 Å². The van der Waals surface area contributed by atoms with E-state index < -0.39 is 0 Å². The van der Waals surface area contributed by atoms with Crippen molar-refractivity contribution in [3.63, 3.8) is 0 Å². The van der Waals surface area contributed by atoms with Crippen LogP contribution in [0, 0.1) is 5.92 Å². The first-order valence-corrected chi connectivity index (χ1v) is 7.92. The number of H-pyrrole nitrogens is 1. The van der Waals surface area contributed by atoms with Crippen molar-refractivity contribution in [2.45, 2.75) is 32.6 Å². The highest BCUT2D eigenvalue weighted by atomic mass is 15.2.